The van der Waals surface area contributed by atoms with E-state index in [0.29, 0.717) is 0 Å². The van der Waals surface area contributed by atoms with E-state index in [0.717, 1.165) is 0 Å². The van der Waals surface area contributed by atoms with Gasteiger partial charge in [-0.1, -0.05) is 0 Å². The van der Waals surface area contributed by atoms with E-state index in [1.54, 1.807) is 0 Å². The third-order valence-corrected chi connectivity index (χ3v) is 0. The first kappa shape index (κ1) is 43.6. The van der Waals surface area contributed by atoms with Crippen LogP contribution in [0.4, 0.5) is 0 Å². The molecule has 0 heterocycles. The number of rotatable bonds is 0. The molecule has 0 aromatic carbocycles. The second-order valence-corrected chi connectivity index (χ2v) is 3.83. The standard InChI is InChI=1S/2Ca.2H2O4S.2H2O3S.H2O/c;;2*1-5(2,3)4;2*1-4(2)3;/h;;2*(H2,1,2,3,4);2*(H2,1,2,3);1H2/q2*+2;;;;;/p-4. The molecule has 15 nitrogen and oxygen atoms in total. The van der Waals surface area contributed by atoms with Crippen molar-refractivity contribution in [2.24, 2.45) is 0 Å². The Morgan fingerprint density at radius 2 is 0.619 bits per heavy atom. The van der Waals surface area contributed by atoms with Crippen LogP contribution in [0.25, 0.3) is 0 Å². The predicted octanol–water partition coefficient (Wildman–Crippen LogP) is -4.90. The molecule has 0 aliphatic rings. The summed E-state index contributed by atoms with van der Waals surface area (Å²) in [5, 5.41) is 0. The van der Waals surface area contributed by atoms with Crippen molar-refractivity contribution in [1.29, 1.82) is 0 Å². The molecule has 0 amide bonds. The SMILES string of the molecule is O.O=S(=O)([O-])[O-].O=S(=O)([O-])[O-].O=S(O)O.O=S(O)O.[Ca+2].[Ca+2]. The average Bonchev–Trinajstić information content (AvgIpc) is 1.70. The van der Waals surface area contributed by atoms with Gasteiger partial charge in [0.2, 0.25) is 0 Å². The van der Waals surface area contributed by atoms with Gasteiger partial charge in [-0.25, -0.2) is 0 Å². The molecule has 0 rings (SSSR count). The predicted molar refractivity (Wildman–Crippen MR) is 62.9 cm³/mol. The maximum Gasteiger partial charge on any atom is 2.00 e. The van der Waals surface area contributed by atoms with E-state index in [2.05, 4.69) is 0 Å². The van der Waals surface area contributed by atoms with Gasteiger partial charge in [-0.15, -0.1) is 0 Å². The molecule has 0 saturated heterocycles. The van der Waals surface area contributed by atoms with Gasteiger partial charge in [0, 0.05) is 20.8 Å². The van der Waals surface area contributed by atoms with Crippen LogP contribution in [0.15, 0.2) is 0 Å². The Balaban J connectivity index is -0.0000000239. The molecule has 21 heteroatoms. The Labute approximate surface area is 183 Å². The van der Waals surface area contributed by atoms with Gasteiger partial charge >= 0.3 is 75.5 Å². The largest absolute Gasteiger partial charge is 2.00 e. The van der Waals surface area contributed by atoms with Crippen molar-refractivity contribution < 1.29 is 67.2 Å². The molecular formula is H6Ca2O15S4. The summed E-state index contributed by atoms with van der Waals surface area (Å²) in [6.45, 7) is 0. The van der Waals surface area contributed by atoms with E-state index in [1.165, 1.54) is 0 Å². The minimum absolute atomic E-state index is 0. The van der Waals surface area contributed by atoms with Gasteiger partial charge in [-0.05, 0) is 0 Å². The zero-order chi connectivity index (χ0) is 16.2. The monoisotopic (exact) mass is 454 g/mol. The second-order valence-electron chi connectivity index (χ2n) is 1.28. The Hall–Kier alpha value is 2.36. The summed E-state index contributed by atoms with van der Waals surface area (Å²) in [5.41, 5.74) is 0. The van der Waals surface area contributed by atoms with Crippen molar-refractivity contribution in [3.63, 3.8) is 0 Å². The zero-order valence-electron chi connectivity index (χ0n) is 9.42. The molecule has 124 valence electrons. The number of hydrogen-bond donors (Lipinski definition) is 4. The van der Waals surface area contributed by atoms with Crippen molar-refractivity contribution in [2.75, 3.05) is 0 Å². The van der Waals surface area contributed by atoms with E-state index in [-0.39, 0.29) is 81.0 Å². The average molecular weight is 454 g/mol. The summed E-state index contributed by atoms with van der Waals surface area (Å²) in [6, 6.07) is 0. The van der Waals surface area contributed by atoms with Crippen LogP contribution < -0.4 is 0 Å². The fourth-order valence-corrected chi connectivity index (χ4v) is 0. The van der Waals surface area contributed by atoms with Crippen LogP contribution in [-0.2, 0) is 43.5 Å². The maximum atomic E-state index is 8.67. The summed E-state index contributed by atoms with van der Waals surface area (Å²) in [6.07, 6.45) is 0. The second kappa shape index (κ2) is 24.6. The molecule has 6 N–H and O–H groups in total. The Morgan fingerprint density at radius 3 is 0.619 bits per heavy atom. The molecule has 0 aliphatic carbocycles. The maximum absolute atomic E-state index is 8.67. The van der Waals surface area contributed by atoms with Crippen LogP contribution in [0.1, 0.15) is 0 Å². The molecule has 0 fully saturated rings. The fourth-order valence-electron chi connectivity index (χ4n) is 0. The molecule has 0 radical (unpaired) electrons. The smallest absolute Gasteiger partial charge is 0.759 e. The summed E-state index contributed by atoms with van der Waals surface area (Å²) < 4.78 is 114. The van der Waals surface area contributed by atoms with Crippen LogP contribution in [0.2, 0.25) is 0 Å². The van der Waals surface area contributed by atoms with Crippen LogP contribution >= 0.6 is 0 Å². The van der Waals surface area contributed by atoms with Crippen molar-refractivity contribution in [3.8, 4) is 0 Å². The quantitative estimate of drug-likeness (QED) is 0.115. The van der Waals surface area contributed by atoms with Gasteiger partial charge in [0.05, 0.1) is 0 Å². The van der Waals surface area contributed by atoms with Crippen LogP contribution in [0.3, 0.4) is 0 Å². The topological polar surface area (TPSA) is 307 Å². The van der Waals surface area contributed by atoms with Gasteiger partial charge in [0.15, 0.2) is 0 Å². The fraction of sp³-hybridized carbons (Fsp3) is 0. The van der Waals surface area contributed by atoms with Crippen molar-refractivity contribution in [3.05, 3.63) is 0 Å². The zero-order valence-corrected chi connectivity index (χ0v) is 17.1. The van der Waals surface area contributed by atoms with E-state index in [9.17, 15) is 0 Å². The van der Waals surface area contributed by atoms with Gasteiger partial charge in [-0.3, -0.25) is 35.0 Å². The van der Waals surface area contributed by atoms with E-state index in [1.807, 2.05) is 0 Å². The van der Waals surface area contributed by atoms with Crippen LogP contribution in [0.5, 0.6) is 0 Å². The minimum atomic E-state index is -5.17. The molecule has 0 aliphatic heterocycles. The first-order valence-electron chi connectivity index (χ1n) is 2.40. The van der Waals surface area contributed by atoms with Crippen LogP contribution in [0, 0.1) is 0 Å². The number of hydrogen-bond acceptors (Lipinski definition) is 10. The minimum Gasteiger partial charge on any atom is -0.759 e. The van der Waals surface area contributed by atoms with Gasteiger partial charge in [-0.2, -0.15) is 8.42 Å². The summed E-state index contributed by atoms with van der Waals surface area (Å²) >= 11 is -5.22. The van der Waals surface area contributed by atoms with Gasteiger partial charge in [0.25, 0.3) is 22.7 Å². The molecule has 0 aromatic heterocycles. The molecule has 0 unspecified atom stereocenters. The first-order chi connectivity index (χ1) is 7.46. The Morgan fingerprint density at radius 1 is 0.619 bits per heavy atom. The third-order valence-electron chi connectivity index (χ3n) is 0. The first-order valence-corrected chi connectivity index (χ1v) is 7.19. The van der Waals surface area contributed by atoms with Gasteiger partial charge in [0.1, 0.15) is 0 Å². The molecule has 0 saturated carbocycles. The van der Waals surface area contributed by atoms with Crippen molar-refractivity contribution in [1.82, 2.24) is 0 Å². The Bertz CT molecular complexity index is 351. The molecule has 0 atom stereocenters. The Kier molecular flexibility index (Phi) is 51.1. The molecule has 0 spiro atoms. The molecule has 0 aromatic rings. The third kappa shape index (κ3) is 1660. The van der Waals surface area contributed by atoms with E-state index in [4.69, 9.17) is 61.7 Å². The molecule has 21 heavy (non-hydrogen) atoms. The van der Waals surface area contributed by atoms with E-state index < -0.39 is 43.5 Å². The van der Waals surface area contributed by atoms with Crippen molar-refractivity contribution >= 4 is 119 Å². The van der Waals surface area contributed by atoms with E-state index >= 15 is 0 Å². The molecule has 0 bridgehead atoms. The van der Waals surface area contributed by atoms with Crippen LogP contribution in [-0.4, -0.2) is 143 Å². The summed E-state index contributed by atoms with van der Waals surface area (Å²) in [5.74, 6) is 0. The van der Waals surface area contributed by atoms with Crippen molar-refractivity contribution in [2.45, 2.75) is 0 Å². The normalized spacial score (nSPS) is 8.86. The molecular weight excluding hydrogens is 448 g/mol. The van der Waals surface area contributed by atoms with Gasteiger partial charge < -0.3 is 23.7 Å². The summed E-state index contributed by atoms with van der Waals surface area (Å²) in [7, 11) is -10.3. The summed E-state index contributed by atoms with van der Waals surface area (Å²) in [4.78, 5) is 0.